The summed E-state index contributed by atoms with van der Waals surface area (Å²) in [6.07, 6.45) is -3.07. The molecule has 3 N–H and O–H groups in total. The molecule has 0 heterocycles. The van der Waals surface area contributed by atoms with Gasteiger partial charge in [-0.1, -0.05) is 12.1 Å². The van der Waals surface area contributed by atoms with Crippen LogP contribution in [0.3, 0.4) is 0 Å². The summed E-state index contributed by atoms with van der Waals surface area (Å²) in [6.45, 7) is 0. The van der Waals surface area contributed by atoms with E-state index in [1.807, 2.05) is 0 Å². The van der Waals surface area contributed by atoms with E-state index in [0.29, 0.717) is 0 Å². The number of methoxy groups -OCH3 is 1. The van der Waals surface area contributed by atoms with Crippen molar-refractivity contribution >= 4 is 5.97 Å². The molecular weight excluding hydrogens is 200 g/mol. The molecule has 0 spiro atoms. The van der Waals surface area contributed by atoms with Crippen molar-refractivity contribution in [3.8, 4) is 5.75 Å². The van der Waals surface area contributed by atoms with Gasteiger partial charge in [-0.25, -0.2) is 4.79 Å². The number of phenolic OH excluding ortho intramolecular Hbond substituents is 1. The SMILES string of the molecule is COC(=O)C(O)C(O)c1cccc(O)c1. The molecule has 0 radical (unpaired) electrons. The molecule has 0 aromatic heterocycles. The van der Waals surface area contributed by atoms with Gasteiger partial charge in [0.1, 0.15) is 11.9 Å². The average Bonchev–Trinajstić information content (AvgIpc) is 2.26. The highest BCUT2D eigenvalue weighted by atomic mass is 16.5. The van der Waals surface area contributed by atoms with Crippen LogP contribution < -0.4 is 0 Å². The first kappa shape index (κ1) is 11.5. The van der Waals surface area contributed by atoms with Crippen molar-refractivity contribution < 1.29 is 24.9 Å². The molecule has 0 fully saturated rings. The van der Waals surface area contributed by atoms with Crippen LogP contribution in [-0.4, -0.2) is 34.5 Å². The third-order valence-electron chi connectivity index (χ3n) is 1.95. The normalized spacial score (nSPS) is 14.3. The van der Waals surface area contributed by atoms with Gasteiger partial charge in [0.2, 0.25) is 0 Å². The van der Waals surface area contributed by atoms with Gasteiger partial charge in [0.25, 0.3) is 0 Å². The van der Waals surface area contributed by atoms with Gasteiger partial charge in [-0.05, 0) is 17.7 Å². The standard InChI is InChI=1S/C10H12O5/c1-15-10(14)9(13)8(12)6-3-2-4-7(11)5-6/h2-5,8-9,11-13H,1H3. The quantitative estimate of drug-likeness (QED) is 0.612. The number of carbonyl (C=O) groups is 1. The smallest absolute Gasteiger partial charge is 0.337 e. The molecular formula is C10H12O5. The number of aliphatic hydroxyl groups excluding tert-OH is 2. The maximum Gasteiger partial charge on any atom is 0.337 e. The van der Waals surface area contributed by atoms with Crippen LogP contribution in [0, 0.1) is 0 Å². The lowest BCUT2D eigenvalue weighted by molar-refractivity contribution is -0.156. The minimum Gasteiger partial charge on any atom is -0.508 e. The van der Waals surface area contributed by atoms with Crippen molar-refractivity contribution in [3.05, 3.63) is 29.8 Å². The Labute approximate surface area is 86.5 Å². The van der Waals surface area contributed by atoms with Gasteiger partial charge in [-0.2, -0.15) is 0 Å². The van der Waals surface area contributed by atoms with Gasteiger partial charge in [0.15, 0.2) is 6.10 Å². The average molecular weight is 212 g/mol. The van der Waals surface area contributed by atoms with Crippen molar-refractivity contribution in [2.24, 2.45) is 0 Å². The van der Waals surface area contributed by atoms with Gasteiger partial charge >= 0.3 is 5.97 Å². The first-order valence-electron chi connectivity index (χ1n) is 4.29. The number of benzene rings is 1. The van der Waals surface area contributed by atoms with Crippen molar-refractivity contribution in [2.75, 3.05) is 7.11 Å². The van der Waals surface area contributed by atoms with E-state index in [2.05, 4.69) is 4.74 Å². The molecule has 0 saturated heterocycles. The zero-order chi connectivity index (χ0) is 11.4. The molecule has 1 aromatic carbocycles. The molecule has 0 bridgehead atoms. The minimum atomic E-state index is -1.66. The summed E-state index contributed by atoms with van der Waals surface area (Å²) in [5.74, 6) is -0.977. The molecule has 0 saturated carbocycles. The van der Waals surface area contributed by atoms with E-state index in [4.69, 9.17) is 5.11 Å². The number of rotatable bonds is 3. The fourth-order valence-electron chi connectivity index (χ4n) is 1.14. The van der Waals surface area contributed by atoms with Gasteiger partial charge in [-0.15, -0.1) is 0 Å². The lowest BCUT2D eigenvalue weighted by Gasteiger charge is -2.15. The number of aromatic hydroxyl groups is 1. The molecule has 1 rings (SSSR count). The molecule has 2 unspecified atom stereocenters. The van der Waals surface area contributed by atoms with E-state index >= 15 is 0 Å². The summed E-state index contributed by atoms with van der Waals surface area (Å²) in [4.78, 5) is 10.9. The van der Waals surface area contributed by atoms with Gasteiger partial charge in [0, 0.05) is 0 Å². The lowest BCUT2D eigenvalue weighted by atomic mass is 10.0. The minimum absolute atomic E-state index is 0.0522. The third-order valence-corrected chi connectivity index (χ3v) is 1.95. The van der Waals surface area contributed by atoms with E-state index < -0.39 is 18.2 Å². The number of phenols is 1. The Morgan fingerprint density at radius 2 is 2.07 bits per heavy atom. The number of aliphatic hydroxyl groups is 2. The summed E-state index contributed by atoms with van der Waals surface area (Å²) < 4.78 is 4.27. The molecule has 5 heteroatoms. The van der Waals surface area contributed by atoms with Crippen LogP contribution in [0.5, 0.6) is 5.75 Å². The molecule has 1 aromatic rings. The van der Waals surface area contributed by atoms with Crippen molar-refractivity contribution in [3.63, 3.8) is 0 Å². The summed E-state index contributed by atoms with van der Waals surface area (Å²) in [6, 6.07) is 5.66. The van der Waals surface area contributed by atoms with Crippen LogP contribution in [-0.2, 0) is 9.53 Å². The monoisotopic (exact) mass is 212 g/mol. The summed E-state index contributed by atoms with van der Waals surface area (Å²) in [5.41, 5.74) is 0.243. The number of ether oxygens (including phenoxy) is 1. The van der Waals surface area contributed by atoms with E-state index in [1.165, 1.54) is 24.3 Å². The Kier molecular flexibility index (Phi) is 3.65. The number of hydrogen-bond acceptors (Lipinski definition) is 5. The summed E-state index contributed by atoms with van der Waals surface area (Å²) >= 11 is 0. The van der Waals surface area contributed by atoms with E-state index in [0.717, 1.165) is 7.11 Å². The van der Waals surface area contributed by atoms with Gasteiger partial charge in [-0.3, -0.25) is 0 Å². The van der Waals surface area contributed by atoms with Crippen molar-refractivity contribution in [1.82, 2.24) is 0 Å². The van der Waals surface area contributed by atoms with Crippen molar-refractivity contribution in [1.29, 1.82) is 0 Å². The number of carbonyl (C=O) groups excluding carboxylic acids is 1. The Balaban J connectivity index is 2.84. The fourth-order valence-corrected chi connectivity index (χ4v) is 1.14. The maximum atomic E-state index is 10.9. The second-order valence-corrected chi connectivity index (χ2v) is 3.01. The van der Waals surface area contributed by atoms with Crippen molar-refractivity contribution in [2.45, 2.75) is 12.2 Å². The zero-order valence-electron chi connectivity index (χ0n) is 8.12. The second-order valence-electron chi connectivity index (χ2n) is 3.01. The van der Waals surface area contributed by atoms with E-state index in [1.54, 1.807) is 0 Å². The highest BCUT2D eigenvalue weighted by molar-refractivity contribution is 5.75. The number of esters is 1. The van der Waals surface area contributed by atoms with Crippen LogP contribution in [0.1, 0.15) is 11.7 Å². The molecule has 0 aliphatic rings. The Morgan fingerprint density at radius 3 is 2.60 bits per heavy atom. The predicted molar refractivity (Wildman–Crippen MR) is 51.1 cm³/mol. The van der Waals surface area contributed by atoms with Crippen LogP contribution in [0.2, 0.25) is 0 Å². The van der Waals surface area contributed by atoms with Crippen LogP contribution in [0.15, 0.2) is 24.3 Å². The zero-order valence-corrected chi connectivity index (χ0v) is 8.12. The highest BCUT2D eigenvalue weighted by Crippen LogP contribution is 2.21. The largest absolute Gasteiger partial charge is 0.508 e. The summed E-state index contributed by atoms with van der Waals surface area (Å²) in [5, 5.41) is 28.0. The topological polar surface area (TPSA) is 87.0 Å². The third kappa shape index (κ3) is 2.68. The molecule has 0 amide bonds. The molecule has 82 valence electrons. The van der Waals surface area contributed by atoms with Crippen LogP contribution in [0.25, 0.3) is 0 Å². The molecule has 15 heavy (non-hydrogen) atoms. The van der Waals surface area contributed by atoms with Gasteiger partial charge in [0.05, 0.1) is 7.11 Å². The van der Waals surface area contributed by atoms with Crippen LogP contribution >= 0.6 is 0 Å². The Hall–Kier alpha value is -1.59. The Morgan fingerprint density at radius 1 is 1.40 bits per heavy atom. The predicted octanol–water partition coefficient (Wildman–Crippen LogP) is -0.0405. The Bertz CT molecular complexity index is 349. The lowest BCUT2D eigenvalue weighted by Crippen LogP contribution is -2.28. The fraction of sp³-hybridized carbons (Fsp3) is 0.300. The molecule has 0 aliphatic carbocycles. The molecule has 0 aliphatic heterocycles. The second kappa shape index (κ2) is 4.77. The van der Waals surface area contributed by atoms with E-state index in [-0.39, 0.29) is 11.3 Å². The molecule has 2 atom stereocenters. The summed E-state index contributed by atoms with van der Waals surface area (Å²) in [7, 11) is 1.11. The first-order valence-corrected chi connectivity index (χ1v) is 4.29. The molecule has 5 nitrogen and oxygen atoms in total. The maximum absolute atomic E-state index is 10.9. The van der Waals surface area contributed by atoms with Gasteiger partial charge < -0.3 is 20.1 Å². The first-order chi connectivity index (χ1) is 7.06. The van der Waals surface area contributed by atoms with Crippen LogP contribution in [0.4, 0.5) is 0 Å². The number of hydrogen-bond donors (Lipinski definition) is 3. The highest BCUT2D eigenvalue weighted by Gasteiger charge is 2.26. The van der Waals surface area contributed by atoms with E-state index in [9.17, 15) is 15.0 Å².